The van der Waals surface area contributed by atoms with Crippen molar-refractivity contribution in [1.29, 1.82) is 0 Å². The smallest absolute Gasteiger partial charge is 0.339 e. The number of aliphatic imine (C=N–C) groups is 2. The second kappa shape index (κ2) is 29.4. The first kappa shape index (κ1) is 59.2. The fourth-order valence-corrected chi connectivity index (χ4v) is 9.68. The summed E-state index contributed by atoms with van der Waals surface area (Å²) in [6.07, 6.45) is 2.26. The Bertz CT molecular complexity index is 2400. The van der Waals surface area contributed by atoms with Crippen molar-refractivity contribution >= 4 is 65.0 Å². The van der Waals surface area contributed by atoms with Crippen LogP contribution in [0.15, 0.2) is 70.6 Å². The standard InChI is InChI=1S/C51H74N14O11/c52-37(17-8-21-58-50(55)56)46(72)64-24-11-25-65(64)51(76)63-23-10-18-40(63)44(70)59-30-36(67)28-35(26-32-12-3-1-4-13-32)43(69)61-39(31-66)47(73)62-22-9-19-41(62)45(71)60-38(27-33-14-5-2-6-15-33)42(68)29-34(48(74)75)16-7-20-57-49(53)54/h1-6,12-15,34-35,37-41,66H,7-11,16-31,52H2,(H,59,70)(H,60,71)(H,61,69)(H,74,75)(H4,53,54,57)(H4,55,56,58)/t34-,35+,37-,38-,39-,40-,41-/m0/s1. The second-order valence-corrected chi connectivity index (χ2v) is 19.3. The normalized spacial score (nSPS) is 18.1. The van der Waals surface area contributed by atoms with E-state index in [1.807, 2.05) is 0 Å². The number of carboxylic acids is 1. The lowest BCUT2D eigenvalue weighted by molar-refractivity contribution is -0.145. The number of Topliss-reactive ketones (excluding diaryl/α,β-unsaturated/α-hetero) is 2. The largest absolute Gasteiger partial charge is 0.481 e. The number of aliphatic carboxylic acids is 1. The number of ketones is 2. The van der Waals surface area contributed by atoms with E-state index < -0.39 is 115 Å². The van der Waals surface area contributed by atoms with Gasteiger partial charge in [0, 0.05) is 58.0 Å². The van der Waals surface area contributed by atoms with Gasteiger partial charge >= 0.3 is 12.0 Å². The molecule has 0 aromatic heterocycles. The molecule has 7 atom stereocenters. The highest BCUT2D eigenvalue weighted by Gasteiger charge is 2.43. The van der Waals surface area contributed by atoms with E-state index in [-0.39, 0.29) is 89.7 Å². The van der Waals surface area contributed by atoms with Crippen LogP contribution in [0.3, 0.4) is 0 Å². The summed E-state index contributed by atoms with van der Waals surface area (Å²) in [6.45, 7) is -0.0959. The number of aliphatic hydroxyl groups excluding tert-OH is 1. The van der Waals surface area contributed by atoms with Crippen LogP contribution >= 0.6 is 0 Å². The molecule has 25 nitrogen and oxygen atoms in total. The number of amides is 7. The molecule has 0 aliphatic carbocycles. The summed E-state index contributed by atoms with van der Waals surface area (Å²) in [5.74, 6) is -7.92. The van der Waals surface area contributed by atoms with Crippen molar-refractivity contribution in [1.82, 2.24) is 35.8 Å². The van der Waals surface area contributed by atoms with E-state index >= 15 is 0 Å². The van der Waals surface area contributed by atoms with Gasteiger partial charge in [-0.3, -0.25) is 48.3 Å². The number of carbonyl (C=O) groups excluding carboxylic acids is 8. The molecule has 3 heterocycles. The molecule has 3 aliphatic rings. The Morgan fingerprint density at radius 1 is 0.632 bits per heavy atom. The number of urea groups is 1. The average molecular weight is 1060 g/mol. The number of nitrogens with two attached hydrogens (primary N) is 5. The van der Waals surface area contributed by atoms with Gasteiger partial charge in [0.25, 0.3) is 5.91 Å². The lowest BCUT2D eigenvalue weighted by Gasteiger charge is -2.34. The molecule has 2 aromatic rings. The molecule has 0 saturated carbocycles. The van der Waals surface area contributed by atoms with Crippen molar-refractivity contribution in [3.05, 3.63) is 71.8 Å². The fraction of sp³-hybridized carbons (Fsp3) is 0.549. The topological polar surface area (TPSA) is 398 Å². The van der Waals surface area contributed by atoms with Gasteiger partial charge in [-0.15, -0.1) is 0 Å². The van der Waals surface area contributed by atoms with Crippen LogP contribution in [0.25, 0.3) is 0 Å². The number of guanidine groups is 2. The monoisotopic (exact) mass is 1060 g/mol. The van der Waals surface area contributed by atoms with Crippen molar-refractivity contribution < 1.29 is 53.4 Å². The van der Waals surface area contributed by atoms with Crippen LogP contribution in [0.4, 0.5) is 4.79 Å². The quantitative estimate of drug-likeness (QED) is 0.0257. The van der Waals surface area contributed by atoms with Gasteiger partial charge in [-0.2, -0.15) is 0 Å². The van der Waals surface area contributed by atoms with E-state index in [1.54, 1.807) is 60.7 Å². The minimum Gasteiger partial charge on any atom is -0.481 e. The predicted octanol–water partition coefficient (Wildman–Crippen LogP) is -1.76. The Hall–Kier alpha value is -7.67. The highest BCUT2D eigenvalue weighted by molar-refractivity contribution is 5.97. The van der Waals surface area contributed by atoms with E-state index in [9.17, 15) is 53.4 Å². The molecule has 3 fully saturated rings. The zero-order valence-corrected chi connectivity index (χ0v) is 42.8. The molecule has 3 aliphatic heterocycles. The fourth-order valence-electron chi connectivity index (χ4n) is 9.68. The van der Waals surface area contributed by atoms with Crippen molar-refractivity contribution in [3.8, 4) is 0 Å². The number of rotatable bonds is 28. The van der Waals surface area contributed by atoms with Gasteiger partial charge in [0.2, 0.25) is 23.6 Å². The van der Waals surface area contributed by atoms with Crippen molar-refractivity contribution in [2.75, 3.05) is 52.4 Å². The third-order valence-electron chi connectivity index (χ3n) is 13.6. The first-order valence-corrected chi connectivity index (χ1v) is 25.8. The van der Waals surface area contributed by atoms with Gasteiger partial charge in [-0.25, -0.2) is 14.8 Å². The summed E-state index contributed by atoms with van der Waals surface area (Å²) < 4.78 is 0. The molecular weight excluding hydrogens is 985 g/mol. The SMILES string of the molecule is NC(N)=NCCC[C@@H](CC(=O)[C@H](Cc1ccccc1)NC(=O)[C@@H]1CCCN1C(=O)[C@H](CO)NC(=O)[C@@H](CC(=O)CNC(=O)[C@@H]1CCCN1C(=O)N1CCCN1C(=O)[C@@H](N)CCCN=C(N)N)Cc1ccccc1)C(=O)O. The van der Waals surface area contributed by atoms with Crippen LogP contribution < -0.4 is 44.6 Å². The highest BCUT2D eigenvalue weighted by atomic mass is 16.4. The maximum atomic E-state index is 14.2. The molecule has 25 heteroatoms. The number of nitrogens with one attached hydrogen (secondary N) is 3. The second-order valence-electron chi connectivity index (χ2n) is 19.3. The van der Waals surface area contributed by atoms with E-state index in [1.165, 1.54) is 19.8 Å². The molecule has 7 amide bonds. The number of likely N-dealkylation sites (tertiary alicyclic amines) is 2. The molecule has 0 spiro atoms. The van der Waals surface area contributed by atoms with Gasteiger partial charge in [0.05, 0.1) is 31.2 Å². The van der Waals surface area contributed by atoms with Gasteiger partial charge in [-0.1, -0.05) is 60.7 Å². The number of carboxylic acid groups (broad SMARTS) is 1. The summed E-state index contributed by atoms with van der Waals surface area (Å²) in [5, 5.41) is 31.1. The molecule has 3 saturated heterocycles. The van der Waals surface area contributed by atoms with Crippen molar-refractivity contribution in [3.63, 3.8) is 0 Å². The number of nitrogens with zero attached hydrogens (tertiary/aromatic N) is 6. The van der Waals surface area contributed by atoms with Crippen LogP contribution in [-0.4, -0.2) is 178 Å². The third kappa shape index (κ3) is 17.5. The average Bonchev–Trinajstić information content (AvgIpc) is 4.22. The Kier molecular flexibility index (Phi) is 22.9. The Morgan fingerprint density at radius 3 is 1.79 bits per heavy atom. The minimum atomic E-state index is -1.54. The van der Waals surface area contributed by atoms with Crippen molar-refractivity contribution in [2.45, 2.75) is 114 Å². The molecule has 2 aromatic carbocycles. The predicted molar refractivity (Wildman–Crippen MR) is 279 cm³/mol. The Balaban J connectivity index is 1.21. The molecule has 0 radical (unpaired) electrons. The number of hydrazine groups is 1. The molecular formula is C51H74N14O11. The van der Waals surface area contributed by atoms with E-state index in [4.69, 9.17) is 28.7 Å². The van der Waals surface area contributed by atoms with Crippen molar-refractivity contribution in [2.24, 2.45) is 50.5 Å². The maximum Gasteiger partial charge on any atom is 0.339 e. The molecule has 0 unspecified atom stereocenters. The number of benzene rings is 2. The van der Waals surface area contributed by atoms with Crippen LogP contribution in [0, 0.1) is 11.8 Å². The van der Waals surface area contributed by atoms with Gasteiger partial charge < -0.3 is 64.6 Å². The zero-order valence-electron chi connectivity index (χ0n) is 42.8. The Morgan fingerprint density at radius 2 is 1.20 bits per heavy atom. The third-order valence-corrected chi connectivity index (χ3v) is 13.6. The van der Waals surface area contributed by atoms with E-state index in [0.29, 0.717) is 49.7 Å². The maximum absolute atomic E-state index is 14.2. The lowest BCUT2D eigenvalue weighted by atomic mass is 9.91. The molecule has 5 rings (SSSR count). The summed E-state index contributed by atoms with van der Waals surface area (Å²) in [4.78, 5) is 133. The summed E-state index contributed by atoms with van der Waals surface area (Å²) in [5.41, 5.74) is 29.1. The molecule has 15 N–H and O–H groups in total. The van der Waals surface area contributed by atoms with Crippen LogP contribution in [0.5, 0.6) is 0 Å². The number of aliphatic hydroxyl groups is 1. The summed E-state index contributed by atoms with van der Waals surface area (Å²) in [7, 11) is 0. The molecule has 0 bridgehead atoms. The highest BCUT2D eigenvalue weighted by Crippen LogP contribution is 2.25. The summed E-state index contributed by atoms with van der Waals surface area (Å²) in [6, 6.07) is 11.4. The first-order chi connectivity index (χ1) is 36.4. The van der Waals surface area contributed by atoms with Gasteiger partial charge in [-0.05, 0) is 81.8 Å². The molecule has 414 valence electrons. The number of hydrogen-bond acceptors (Lipinski definition) is 13. The Labute approximate surface area is 441 Å². The van der Waals surface area contributed by atoms with Crippen LogP contribution in [0.2, 0.25) is 0 Å². The number of hydrogen-bond donors (Lipinski definition) is 10. The number of carbonyl (C=O) groups is 9. The first-order valence-electron chi connectivity index (χ1n) is 25.8. The van der Waals surface area contributed by atoms with Gasteiger partial charge in [0.1, 0.15) is 18.1 Å². The lowest BCUT2D eigenvalue weighted by Crippen LogP contribution is -2.57. The molecule has 76 heavy (non-hydrogen) atoms. The minimum absolute atomic E-state index is 0.0358. The van der Waals surface area contributed by atoms with Crippen LogP contribution in [-0.2, 0) is 51.2 Å². The van der Waals surface area contributed by atoms with E-state index in [2.05, 4.69) is 25.9 Å². The summed E-state index contributed by atoms with van der Waals surface area (Å²) >= 11 is 0. The van der Waals surface area contributed by atoms with Gasteiger partial charge in [0.15, 0.2) is 23.5 Å². The van der Waals surface area contributed by atoms with Crippen LogP contribution in [0.1, 0.15) is 81.8 Å². The zero-order chi connectivity index (χ0) is 55.3. The van der Waals surface area contributed by atoms with E-state index in [0.717, 1.165) is 0 Å².